The minimum Gasteiger partial charge on any atom is -0.394 e. The maximum Gasteiger partial charge on any atom is 0.0949 e. The summed E-state index contributed by atoms with van der Waals surface area (Å²) < 4.78 is 1.96. The second-order valence-corrected chi connectivity index (χ2v) is 5.09. The van der Waals surface area contributed by atoms with E-state index in [1.165, 1.54) is 0 Å². The average Bonchev–Trinajstić information content (AvgIpc) is 2.61. The van der Waals surface area contributed by atoms with Gasteiger partial charge >= 0.3 is 0 Å². The van der Waals surface area contributed by atoms with Crippen LogP contribution in [-0.2, 0) is 13.1 Å². The zero-order chi connectivity index (χ0) is 12.2. The number of rotatable bonds is 5. The van der Waals surface area contributed by atoms with Crippen LogP contribution < -0.4 is 5.32 Å². The lowest BCUT2D eigenvalue weighted by molar-refractivity contribution is 0.0805. The van der Waals surface area contributed by atoms with Gasteiger partial charge in [-0.1, -0.05) is 0 Å². The Morgan fingerprint density at radius 2 is 2.12 bits per heavy atom. The molecule has 4 nitrogen and oxygen atoms in total. The van der Waals surface area contributed by atoms with E-state index in [0.29, 0.717) is 6.54 Å². The van der Waals surface area contributed by atoms with E-state index in [4.69, 9.17) is 5.11 Å². The van der Waals surface area contributed by atoms with Crippen molar-refractivity contribution in [2.75, 3.05) is 6.61 Å². The van der Waals surface area contributed by atoms with Gasteiger partial charge in [0, 0.05) is 24.0 Å². The highest BCUT2D eigenvalue weighted by Crippen LogP contribution is 2.07. The zero-order valence-corrected chi connectivity index (χ0v) is 10.3. The third-order valence-corrected chi connectivity index (χ3v) is 2.34. The van der Waals surface area contributed by atoms with Gasteiger partial charge in [-0.2, -0.15) is 0 Å². The van der Waals surface area contributed by atoms with Gasteiger partial charge in [0.1, 0.15) is 0 Å². The lowest BCUT2D eigenvalue weighted by atomic mass is 10.1. The van der Waals surface area contributed by atoms with Gasteiger partial charge in [-0.3, -0.25) is 0 Å². The molecule has 0 spiro atoms. The number of nitrogens with one attached hydrogen (secondary N) is 1. The van der Waals surface area contributed by atoms with E-state index in [2.05, 4.69) is 26.1 Å². The first-order valence-corrected chi connectivity index (χ1v) is 5.60. The molecule has 0 amide bonds. The van der Waals surface area contributed by atoms with E-state index in [1.54, 1.807) is 0 Å². The Kier molecular flexibility index (Phi) is 4.53. The summed E-state index contributed by atoms with van der Waals surface area (Å²) in [5.74, 6) is 0. The lowest BCUT2D eigenvalue weighted by Crippen LogP contribution is -2.36. The summed E-state index contributed by atoms with van der Waals surface area (Å²) in [4.78, 5) is 0. The molecule has 0 fully saturated rings. The largest absolute Gasteiger partial charge is 0.394 e. The second-order valence-electron chi connectivity index (χ2n) is 5.09. The lowest BCUT2D eigenvalue weighted by Gasteiger charge is -2.21. The maximum atomic E-state index is 9.39. The Labute approximate surface area is 96.9 Å². The predicted octanol–water partition coefficient (Wildman–Crippen LogP) is 0.729. The van der Waals surface area contributed by atoms with Gasteiger partial charge in [-0.15, -0.1) is 0 Å². The minimum atomic E-state index is -0.694. The summed E-state index contributed by atoms with van der Waals surface area (Å²) >= 11 is 0. The van der Waals surface area contributed by atoms with Crippen LogP contribution in [0.2, 0.25) is 0 Å². The Balaban J connectivity index is 2.57. The van der Waals surface area contributed by atoms with E-state index in [1.807, 2.05) is 22.9 Å². The van der Waals surface area contributed by atoms with Crippen molar-refractivity contribution in [2.45, 2.75) is 45.5 Å². The second kappa shape index (κ2) is 5.48. The van der Waals surface area contributed by atoms with Crippen LogP contribution in [0.3, 0.4) is 0 Å². The first-order chi connectivity index (χ1) is 7.42. The molecule has 1 aromatic rings. The molecular formula is C12H22N2O2. The molecule has 1 heterocycles. The van der Waals surface area contributed by atoms with E-state index in [-0.39, 0.29) is 12.1 Å². The standard InChI is InChI=1S/C12H22N2O2/c1-12(2,3)13-7-10-5-4-6-14(10)8-11(16)9-15/h4-6,11,13,15-16H,7-9H2,1-3H3. The third kappa shape index (κ3) is 4.35. The number of hydrogen-bond acceptors (Lipinski definition) is 3. The van der Waals surface area contributed by atoms with E-state index < -0.39 is 6.10 Å². The molecule has 0 saturated carbocycles. The quantitative estimate of drug-likeness (QED) is 0.693. The molecular weight excluding hydrogens is 204 g/mol. The summed E-state index contributed by atoms with van der Waals surface area (Å²) in [5.41, 5.74) is 1.19. The molecule has 0 radical (unpaired) electrons. The molecule has 3 N–H and O–H groups in total. The molecule has 0 aliphatic rings. The normalized spacial score (nSPS) is 14.1. The van der Waals surface area contributed by atoms with E-state index >= 15 is 0 Å². The van der Waals surface area contributed by atoms with Crippen molar-refractivity contribution in [3.05, 3.63) is 24.0 Å². The number of aliphatic hydroxyl groups is 2. The monoisotopic (exact) mass is 226 g/mol. The van der Waals surface area contributed by atoms with Crippen LogP contribution in [0, 0.1) is 0 Å². The van der Waals surface area contributed by atoms with Crippen LogP contribution in [0.15, 0.2) is 18.3 Å². The molecule has 1 aromatic heterocycles. The minimum absolute atomic E-state index is 0.0741. The zero-order valence-electron chi connectivity index (χ0n) is 10.3. The van der Waals surface area contributed by atoms with Gasteiger partial charge in [-0.25, -0.2) is 0 Å². The van der Waals surface area contributed by atoms with E-state index in [0.717, 1.165) is 12.2 Å². The maximum absolute atomic E-state index is 9.39. The summed E-state index contributed by atoms with van der Waals surface area (Å²) in [6.07, 6.45) is 1.22. The van der Waals surface area contributed by atoms with Crippen LogP contribution in [0.4, 0.5) is 0 Å². The molecule has 1 unspecified atom stereocenters. The average molecular weight is 226 g/mol. The van der Waals surface area contributed by atoms with Crippen molar-refractivity contribution in [3.63, 3.8) is 0 Å². The number of hydrogen-bond donors (Lipinski definition) is 3. The van der Waals surface area contributed by atoms with Gasteiger partial charge in [0.2, 0.25) is 0 Å². The molecule has 0 aliphatic heterocycles. The number of aliphatic hydroxyl groups excluding tert-OH is 2. The molecule has 1 rings (SSSR count). The fraction of sp³-hybridized carbons (Fsp3) is 0.667. The molecule has 0 saturated heterocycles. The number of nitrogens with zero attached hydrogens (tertiary/aromatic N) is 1. The summed E-state index contributed by atoms with van der Waals surface area (Å²) in [6, 6.07) is 3.96. The third-order valence-electron chi connectivity index (χ3n) is 2.34. The Hall–Kier alpha value is -0.840. The van der Waals surface area contributed by atoms with Crippen molar-refractivity contribution in [2.24, 2.45) is 0 Å². The highest BCUT2D eigenvalue weighted by Gasteiger charge is 2.11. The van der Waals surface area contributed by atoms with E-state index in [9.17, 15) is 5.11 Å². The highest BCUT2D eigenvalue weighted by atomic mass is 16.3. The van der Waals surface area contributed by atoms with Gasteiger partial charge in [0.25, 0.3) is 0 Å². The molecule has 92 valence electrons. The fourth-order valence-corrected chi connectivity index (χ4v) is 1.43. The fourth-order valence-electron chi connectivity index (χ4n) is 1.43. The molecule has 0 aromatic carbocycles. The first-order valence-electron chi connectivity index (χ1n) is 5.60. The molecule has 0 bridgehead atoms. The van der Waals surface area contributed by atoms with Crippen molar-refractivity contribution in [1.29, 1.82) is 0 Å². The van der Waals surface area contributed by atoms with Crippen molar-refractivity contribution in [1.82, 2.24) is 9.88 Å². The van der Waals surface area contributed by atoms with Gasteiger partial charge in [-0.05, 0) is 32.9 Å². The van der Waals surface area contributed by atoms with Crippen LogP contribution in [-0.4, -0.2) is 33.0 Å². The molecule has 4 heteroatoms. The Morgan fingerprint density at radius 1 is 1.44 bits per heavy atom. The predicted molar refractivity (Wildman–Crippen MR) is 64.1 cm³/mol. The van der Waals surface area contributed by atoms with Gasteiger partial charge in [0.05, 0.1) is 19.3 Å². The van der Waals surface area contributed by atoms with Crippen molar-refractivity contribution < 1.29 is 10.2 Å². The molecule has 1 atom stereocenters. The van der Waals surface area contributed by atoms with Crippen LogP contribution in [0.25, 0.3) is 0 Å². The van der Waals surface area contributed by atoms with Crippen LogP contribution in [0.1, 0.15) is 26.5 Å². The smallest absolute Gasteiger partial charge is 0.0949 e. The first kappa shape index (κ1) is 13.2. The Morgan fingerprint density at radius 3 is 2.69 bits per heavy atom. The summed E-state index contributed by atoms with van der Waals surface area (Å²) in [5, 5.41) is 21.6. The van der Waals surface area contributed by atoms with Gasteiger partial charge in [0.15, 0.2) is 0 Å². The SMILES string of the molecule is CC(C)(C)NCc1cccn1CC(O)CO. The highest BCUT2D eigenvalue weighted by molar-refractivity contribution is 5.07. The number of aromatic nitrogens is 1. The van der Waals surface area contributed by atoms with Crippen molar-refractivity contribution in [3.8, 4) is 0 Å². The summed E-state index contributed by atoms with van der Waals surface area (Å²) in [7, 11) is 0. The molecule has 16 heavy (non-hydrogen) atoms. The van der Waals surface area contributed by atoms with Gasteiger partial charge < -0.3 is 20.1 Å². The van der Waals surface area contributed by atoms with Crippen LogP contribution in [0.5, 0.6) is 0 Å². The topological polar surface area (TPSA) is 57.4 Å². The summed E-state index contributed by atoms with van der Waals surface area (Å²) in [6.45, 7) is 7.33. The van der Waals surface area contributed by atoms with Crippen molar-refractivity contribution >= 4 is 0 Å². The molecule has 0 aliphatic carbocycles. The Bertz CT molecular complexity index is 315. The van der Waals surface area contributed by atoms with Crippen LogP contribution >= 0.6 is 0 Å².